The third kappa shape index (κ3) is 5.48. The lowest BCUT2D eigenvalue weighted by atomic mass is 10.1. The van der Waals surface area contributed by atoms with Crippen LogP contribution in [0.25, 0.3) is 10.1 Å². The van der Waals surface area contributed by atoms with Crippen LogP contribution >= 0.6 is 34.3 Å². The van der Waals surface area contributed by atoms with Gasteiger partial charge in [0.15, 0.2) is 5.01 Å². The van der Waals surface area contributed by atoms with Crippen LogP contribution in [0.1, 0.15) is 32.4 Å². The van der Waals surface area contributed by atoms with Gasteiger partial charge >= 0.3 is 0 Å². The summed E-state index contributed by atoms with van der Waals surface area (Å²) in [5.74, 6) is -0.485. The second-order valence-corrected chi connectivity index (χ2v) is 14.9. The van der Waals surface area contributed by atoms with E-state index in [9.17, 15) is 23.3 Å². The zero-order chi connectivity index (χ0) is 28.8. The summed E-state index contributed by atoms with van der Waals surface area (Å²) in [7, 11) is 1.27. The second kappa shape index (κ2) is 11.3. The molecular weight excluding hydrogens is 592 g/mol. The number of fused-ring (bicyclic) bond motifs is 2. The standard InChI is InChI=1S/C26H29ClN6O4S3/c1-30(2)23(34)13-17-14-32(10-11-33(17)25(35)24-29-20-7-9-31(3)15-22(20)38-24)40(36,37)26-19(6-8-28)18-5-4-16(27)12-21(18)39-26/h4-5,12,17H,6-7,9-11,13-15H2,1-3H3. The van der Waals surface area contributed by atoms with Crippen molar-refractivity contribution < 1.29 is 18.0 Å². The Balaban J connectivity index is 1.46. The number of carbonyl (C=O) groups is 2. The number of hydrogen-bond donors (Lipinski definition) is 0. The maximum Gasteiger partial charge on any atom is 0.283 e. The molecule has 0 bridgehead atoms. The van der Waals surface area contributed by atoms with Crippen LogP contribution in [-0.2, 0) is 34.2 Å². The highest BCUT2D eigenvalue weighted by Crippen LogP contribution is 2.38. The molecule has 1 aromatic carbocycles. The smallest absolute Gasteiger partial charge is 0.283 e. The van der Waals surface area contributed by atoms with Crippen LogP contribution in [0, 0.1) is 11.3 Å². The van der Waals surface area contributed by atoms with Crippen molar-refractivity contribution in [3.05, 3.63) is 44.4 Å². The number of halogens is 1. The van der Waals surface area contributed by atoms with Crippen molar-refractivity contribution in [1.29, 1.82) is 5.26 Å². The van der Waals surface area contributed by atoms with Crippen LogP contribution in [0.3, 0.4) is 0 Å². The van der Waals surface area contributed by atoms with Gasteiger partial charge in [0, 0.05) is 79.8 Å². The van der Waals surface area contributed by atoms with E-state index >= 15 is 0 Å². The molecule has 14 heteroatoms. The Morgan fingerprint density at radius 1 is 1.23 bits per heavy atom. The number of likely N-dealkylation sites (N-methyl/N-ethyl adjacent to an activating group) is 1. The largest absolute Gasteiger partial charge is 0.349 e. The number of thiazole rings is 1. The fraction of sp³-hybridized carbons (Fsp3) is 0.462. The molecule has 0 saturated carbocycles. The number of rotatable bonds is 6. The molecule has 1 unspecified atom stereocenters. The van der Waals surface area contributed by atoms with E-state index in [0.717, 1.165) is 41.4 Å². The molecule has 2 aliphatic heterocycles. The molecule has 5 rings (SSSR count). The molecule has 212 valence electrons. The Morgan fingerprint density at radius 3 is 2.73 bits per heavy atom. The maximum absolute atomic E-state index is 14.0. The molecule has 40 heavy (non-hydrogen) atoms. The average Bonchev–Trinajstić information content (AvgIpc) is 3.49. The fourth-order valence-corrected chi connectivity index (χ4v) is 9.88. The first-order valence-electron chi connectivity index (χ1n) is 12.8. The topological polar surface area (TPSA) is 118 Å². The van der Waals surface area contributed by atoms with Gasteiger partial charge in [0.25, 0.3) is 15.9 Å². The number of amides is 2. The summed E-state index contributed by atoms with van der Waals surface area (Å²) < 4.78 is 30.1. The number of piperazine rings is 1. The number of sulfonamides is 1. The van der Waals surface area contributed by atoms with Crippen molar-refractivity contribution >= 4 is 66.2 Å². The van der Waals surface area contributed by atoms with Crippen LogP contribution in [0.15, 0.2) is 22.4 Å². The summed E-state index contributed by atoms with van der Waals surface area (Å²) in [4.78, 5) is 37.4. The lowest BCUT2D eigenvalue weighted by molar-refractivity contribution is -0.130. The Bertz CT molecular complexity index is 1630. The van der Waals surface area contributed by atoms with Gasteiger partial charge in [0.05, 0.1) is 24.2 Å². The molecule has 1 fully saturated rings. The monoisotopic (exact) mass is 620 g/mol. The highest BCUT2D eigenvalue weighted by Gasteiger charge is 2.40. The van der Waals surface area contributed by atoms with Gasteiger partial charge in [0.1, 0.15) is 4.21 Å². The number of carbonyl (C=O) groups excluding carboxylic acids is 2. The van der Waals surface area contributed by atoms with Gasteiger partial charge in [-0.05, 0) is 24.6 Å². The molecule has 2 aliphatic rings. The minimum absolute atomic E-state index is 0.0222. The van der Waals surface area contributed by atoms with Gasteiger partial charge in [-0.15, -0.1) is 22.7 Å². The van der Waals surface area contributed by atoms with Gasteiger partial charge < -0.3 is 14.7 Å². The molecule has 10 nitrogen and oxygen atoms in total. The summed E-state index contributed by atoms with van der Waals surface area (Å²) in [6, 6.07) is 6.52. The van der Waals surface area contributed by atoms with E-state index < -0.39 is 16.1 Å². The highest BCUT2D eigenvalue weighted by atomic mass is 35.5. The Morgan fingerprint density at radius 2 is 2.00 bits per heavy atom. The number of benzene rings is 1. The predicted octanol–water partition coefficient (Wildman–Crippen LogP) is 3.06. The molecule has 0 radical (unpaired) electrons. The molecule has 3 aromatic rings. The van der Waals surface area contributed by atoms with E-state index in [4.69, 9.17) is 11.6 Å². The van der Waals surface area contributed by atoms with E-state index in [1.807, 2.05) is 7.05 Å². The van der Waals surface area contributed by atoms with E-state index in [0.29, 0.717) is 25.7 Å². The minimum Gasteiger partial charge on any atom is -0.349 e. The van der Waals surface area contributed by atoms with Crippen LogP contribution < -0.4 is 0 Å². The first kappa shape index (κ1) is 28.9. The number of thiophene rings is 1. The average molecular weight is 621 g/mol. The molecule has 0 N–H and O–H groups in total. The van der Waals surface area contributed by atoms with Crippen molar-refractivity contribution in [1.82, 2.24) is 24.0 Å². The van der Waals surface area contributed by atoms with Crippen molar-refractivity contribution in [3.63, 3.8) is 0 Å². The van der Waals surface area contributed by atoms with Crippen LogP contribution in [0.2, 0.25) is 5.02 Å². The van der Waals surface area contributed by atoms with Gasteiger partial charge in [-0.3, -0.25) is 9.59 Å². The molecular formula is C26H29ClN6O4S3. The van der Waals surface area contributed by atoms with Gasteiger partial charge in [-0.1, -0.05) is 17.7 Å². The van der Waals surface area contributed by atoms with Gasteiger partial charge in [-0.2, -0.15) is 9.57 Å². The summed E-state index contributed by atoms with van der Waals surface area (Å²) in [6.45, 7) is 1.76. The van der Waals surface area contributed by atoms with Crippen LogP contribution in [0.5, 0.6) is 0 Å². The maximum atomic E-state index is 14.0. The lowest BCUT2D eigenvalue weighted by Crippen LogP contribution is -2.57. The summed E-state index contributed by atoms with van der Waals surface area (Å²) in [5.41, 5.74) is 1.38. The molecule has 1 saturated heterocycles. The SMILES string of the molecule is CN1CCc2nc(C(=O)N3CCN(S(=O)(=O)c4sc5cc(Cl)ccc5c4CC#N)CC3CC(=O)N(C)C)sc2C1. The molecule has 2 aromatic heterocycles. The number of nitrogens with zero attached hydrogens (tertiary/aromatic N) is 6. The second-order valence-electron chi connectivity index (χ2n) is 10.2. The van der Waals surface area contributed by atoms with E-state index in [-0.39, 0.29) is 48.5 Å². The third-order valence-electron chi connectivity index (χ3n) is 7.27. The van der Waals surface area contributed by atoms with Gasteiger partial charge in [0.2, 0.25) is 5.91 Å². The summed E-state index contributed by atoms with van der Waals surface area (Å²) in [5, 5.41) is 11.0. The quantitative estimate of drug-likeness (QED) is 0.416. The first-order valence-corrected chi connectivity index (χ1v) is 16.2. The molecule has 2 amide bonds. The number of nitriles is 1. The third-order valence-corrected chi connectivity index (χ3v) is 12.2. The van der Waals surface area contributed by atoms with E-state index in [1.165, 1.54) is 20.5 Å². The lowest BCUT2D eigenvalue weighted by Gasteiger charge is -2.40. The highest BCUT2D eigenvalue weighted by molar-refractivity contribution is 7.91. The normalized spacial score (nSPS) is 18.5. The zero-order valence-corrected chi connectivity index (χ0v) is 25.6. The Hall–Kier alpha value is -2.60. The van der Waals surface area contributed by atoms with Crippen molar-refractivity contribution in [2.24, 2.45) is 0 Å². The molecule has 0 aliphatic carbocycles. The molecule has 1 atom stereocenters. The van der Waals surface area contributed by atoms with Crippen molar-refractivity contribution in [2.75, 3.05) is 47.3 Å². The first-order chi connectivity index (χ1) is 19.0. The zero-order valence-electron chi connectivity index (χ0n) is 22.4. The van der Waals surface area contributed by atoms with Crippen molar-refractivity contribution in [2.45, 2.75) is 36.1 Å². The Kier molecular flexibility index (Phi) is 8.20. The number of hydrogen-bond acceptors (Lipinski definition) is 9. The van der Waals surface area contributed by atoms with Gasteiger partial charge in [-0.25, -0.2) is 13.4 Å². The van der Waals surface area contributed by atoms with Crippen LogP contribution in [0.4, 0.5) is 0 Å². The summed E-state index contributed by atoms with van der Waals surface area (Å²) in [6.07, 6.45) is 0.683. The van der Waals surface area contributed by atoms with E-state index in [1.54, 1.807) is 37.2 Å². The summed E-state index contributed by atoms with van der Waals surface area (Å²) >= 11 is 8.61. The molecule has 0 spiro atoms. The number of aromatic nitrogens is 1. The molecule has 4 heterocycles. The van der Waals surface area contributed by atoms with Crippen LogP contribution in [-0.4, -0.2) is 97.6 Å². The minimum atomic E-state index is -4.02. The Labute approximate surface area is 246 Å². The fourth-order valence-electron chi connectivity index (χ4n) is 5.08. The predicted molar refractivity (Wildman–Crippen MR) is 155 cm³/mol. The van der Waals surface area contributed by atoms with Crippen molar-refractivity contribution in [3.8, 4) is 6.07 Å². The van der Waals surface area contributed by atoms with E-state index in [2.05, 4.69) is 16.0 Å².